The number of carbonyl (C=O) groups excluding carboxylic acids is 1. The van der Waals surface area contributed by atoms with Crippen LogP contribution in [-0.4, -0.2) is 46.1 Å². The lowest BCUT2D eigenvalue weighted by atomic mass is 9.88. The van der Waals surface area contributed by atoms with Gasteiger partial charge >= 0.3 is 0 Å². The Kier molecular flexibility index (Phi) is 4.47. The van der Waals surface area contributed by atoms with Crippen LogP contribution in [-0.2, 0) is 10.3 Å². The van der Waals surface area contributed by atoms with Gasteiger partial charge in [0.15, 0.2) is 0 Å². The van der Waals surface area contributed by atoms with Gasteiger partial charge in [0.2, 0.25) is 5.91 Å². The molecule has 0 spiro atoms. The average molecular weight is 355 g/mol. The van der Waals surface area contributed by atoms with Gasteiger partial charge in [0.1, 0.15) is 11.7 Å². The van der Waals surface area contributed by atoms with Gasteiger partial charge in [0.25, 0.3) is 0 Å². The number of carbonyl (C=O) groups is 1. The average Bonchev–Trinajstić information content (AvgIpc) is 3.30. The van der Waals surface area contributed by atoms with E-state index >= 15 is 0 Å². The predicted molar refractivity (Wildman–Crippen MR) is 97.4 cm³/mol. The van der Waals surface area contributed by atoms with Gasteiger partial charge < -0.3 is 10.6 Å². The quantitative estimate of drug-likeness (QED) is 0.620. The highest BCUT2D eigenvalue weighted by molar-refractivity contribution is 5.83. The minimum atomic E-state index is -0.619. The normalized spacial score (nSPS) is 25.7. The molecule has 1 aromatic heterocycles. The van der Waals surface area contributed by atoms with E-state index in [1.165, 1.54) is 0 Å². The van der Waals surface area contributed by atoms with Crippen LogP contribution in [0.3, 0.4) is 0 Å². The van der Waals surface area contributed by atoms with Crippen molar-refractivity contribution in [2.24, 2.45) is 5.92 Å². The predicted octanol–water partition coefficient (Wildman–Crippen LogP) is 0.0731. The summed E-state index contributed by atoms with van der Waals surface area (Å²) in [6, 6.07) is 9.89. The number of fused-ring (bicyclic) bond motifs is 1. The van der Waals surface area contributed by atoms with Crippen LogP contribution in [0, 0.1) is 5.92 Å². The summed E-state index contributed by atoms with van der Waals surface area (Å²) < 4.78 is 1.72. The molecule has 2 fully saturated rings. The van der Waals surface area contributed by atoms with Crippen LogP contribution in [0.1, 0.15) is 26.0 Å². The number of nitrogens with zero attached hydrogens (tertiary/aromatic N) is 3. The topological polar surface area (TPSA) is 95.9 Å². The zero-order valence-corrected chi connectivity index (χ0v) is 15.1. The van der Waals surface area contributed by atoms with Gasteiger partial charge in [-0.05, 0) is 38.9 Å². The molecule has 2 aromatic rings. The first-order valence-corrected chi connectivity index (χ1v) is 9.07. The van der Waals surface area contributed by atoms with E-state index in [0.717, 1.165) is 30.9 Å². The summed E-state index contributed by atoms with van der Waals surface area (Å²) in [5.74, 6) is 0.229. The third kappa shape index (κ3) is 3.23. The minimum Gasteiger partial charge on any atom is -0.344 e. The molecule has 4 N–H and O–H groups in total. The van der Waals surface area contributed by atoms with Crippen LogP contribution in [0.5, 0.6) is 0 Å². The maximum absolute atomic E-state index is 12.9. The Labute approximate surface area is 152 Å². The standard InChI is InChI=1S/C18H25N7O/c1-18(2,15-11-25(24-22-15)12-6-4-3-5-7-12)20-17(26)16-13-10-19-9-8-14(13)21-23-16/h3-7,11,13-14,16,19,21,23H,8-10H2,1-2H3,(H,20,26). The molecular formula is C18H25N7O. The van der Waals surface area contributed by atoms with Gasteiger partial charge in [-0.3, -0.25) is 10.2 Å². The van der Waals surface area contributed by atoms with Crippen molar-refractivity contribution in [1.29, 1.82) is 0 Å². The molecule has 0 bridgehead atoms. The van der Waals surface area contributed by atoms with Crippen LogP contribution in [0.25, 0.3) is 5.69 Å². The Hall–Kier alpha value is -2.29. The first-order valence-electron chi connectivity index (χ1n) is 9.07. The molecule has 26 heavy (non-hydrogen) atoms. The van der Waals surface area contributed by atoms with Crippen LogP contribution in [0.15, 0.2) is 36.5 Å². The Morgan fingerprint density at radius 1 is 1.27 bits per heavy atom. The summed E-state index contributed by atoms with van der Waals surface area (Å²) in [5, 5.41) is 15.0. The first-order chi connectivity index (χ1) is 12.5. The number of para-hydroxylation sites is 1. The van der Waals surface area contributed by atoms with Crippen molar-refractivity contribution in [1.82, 2.24) is 36.5 Å². The number of hydrogen-bond donors (Lipinski definition) is 4. The zero-order chi connectivity index (χ0) is 18.1. The largest absolute Gasteiger partial charge is 0.344 e. The van der Waals surface area contributed by atoms with Crippen LogP contribution >= 0.6 is 0 Å². The lowest BCUT2D eigenvalue weighted by molar-refractivity contribution is -0.125. The monoisotopic (exact) mass is 355 g/mol. The maximum Gasteiger partial charge on any atom is 0.239 e. The Morgan fingerprint density at radius 2 is 2.08 bits per heavy atom. The molecule has 3 unspecified atom stereocenters. The van der Waals surface area contributed by atoms with E-state index in [1.807, 2.05) is 50.4 Å². The third-order valence-electron chi connectivity index (χ3n) is 5.25. The zero-order valence-electron chi connectivity index (χ0n) is 15.1. The first kappa shape index (κ1) is 17.1. The van der Waals surface area contributed by atoms with Crippen molar-refractivity contribution in [3.8, 4) is 5.69 Å². The number of hydrogen-bond acceptors (Lipinski definition) is 6. The van der Waals surface area contributed by atoms with Crippen molar-refractivity contribution in [3.63, 3.8) is 0 Å². The summed E-state index contributed by atoms with van der Waals surface area (Å²) in [4.78, 5) is 12.9. The summed E-state index contributed by atoms with van der Waals surface area (Å²) in [5.41, 5.74) is 7.46. The molecule has 8 heteroatoms. The van der Waals surface area contributed by atoms with E-state index < -0.39 is 5.54 Å². The molecule has 2 aliphatic rings. The highest BCUT2D eigenvalue weighted by atomic mass is 16.2. The molecular weight excluding hydrogens is 330 g/mol. The fourth-order valence-electron chi connectivity index (χ4n) is 3.68. The Balaban J connectivity index is 1.47. The highest BCUT2D eigenvalue weighted by Crippen LogP contribution is 2.23. The molecule has 8 nitrogen and oxygen atoms in total. The SMILES string of the molecule is CC(C)(NC(=O)C1NNC2CCNCC21)c1cn(-c2ccccc2)nn1. The fraction of sp³-hybridized carbons (Fsp3) is 0.500. The summed E-state index contributed by atoms with van der Waals surface area (Å²) >= 11 is 0. The lowest BCUT2D eigenvalue weighted by Gasteiger charge is -2.30. The van der Waals surface area contributed by atoms with Crippen LogP contribution in [0.4, 0.5) is 0 Å². The summed E-state index contributed by atoms with van der Waals surface area (Å²) in [7, 11) is 0. The van der Waals surface area contributed by atoms with E-state index in [4.69, 9.17) is 0 Å². The molecule has 2 aliphatic heterocycles. The number of rotatable bonds is 4. The minimum absolute atomic E-state index is 0.0204. The van der Waals surface area contributed by atoms with E-state index in [1.54, 1.807) is 4.68 Å². The van der Waals surface area contributed by atoms with Gasteiger partial charge in [0.05, 0.1) is 17.4 Å². The summed E-state index contributed by atoms with van der Waals surface area (Å²) in [6.07, 6.45) is 2.89. The molecule has 0 radical (unpaired) electrons. The van der Waals surface area contributed by atoms with Crippen molar-refractivity contribution < 1.29 is 4.79 Å². The number of nitrogens with one attached hydrogen (secondary N) is 4. The molecule has 0 saturated carbocycles. The van der Waals surface area contributed by atoms with Crippen molar-refractivity contribution in [2.75, 3.05) is 13.1 Å². The Morgan fingerprint density at radius 3 is 2.88 bits per heavy atom. The number of benzene rings is 1. The number of aromatic nitrogens is 3. The molecule has 2 saturated heterocycles. The highest BCUT2D eigenvalue weighted by Gasteiger charge is 2.42. The molecule has 1 aromatic carbocycles. The number of hydrazine groups is 1. The van der Waals surface area contributed by atoms with Crippen LogP contribution < -0.4 is 21.5 Å². The number of amides is 1. The van der Waals surface area contributed by atoms with E-state index in [2.05, 4.69) is 31.8 Å². The van der Waals surface area contributed by atoms with E-state index in [0.29, 0.717) is 6.04 Å². The van der Waals surface area contributed by atoms with Gasteiger partial charge in [-0.25, -0.2) is 10.1 Å². The maximum atomic E-state index is 12.9. The smallest absolute Gasteiger partial charge is 0.239 e. The van der Waals surface area contributed by atoms with Crippen LogP contribution in [0.2, 0.25) is 0 Å². The summed E-state index contributed by atoms with van der Waals surface area (Å²) in [6.45, 7) is 5.72. The second-order valence-electron chi connectivity index (χ2n) is 7.53. The third-order valence-corrected chi connectivity index (χ3v) is 5.25. The van der Waals surface area contributed by atoms with E-state index in [-0.39, 0.29) is 17.9 Å². The van der Waals surface area contributed by atoms with Crippen molar-refractivity contribution >= 4 is 5.91 Å². The molecule has 3 atom stereocenters. The van der Waals surface area contributed by atoms with Gasteiger partial charge in [-0.1, -0.05) is 23.4 Å². The molecule has 1 amide bonds. The lowest BCUT2D eigenvalue weighted by Crippen LogP contribution is -2.53. The molecule has 0 aliphatic carbocycles. The fourth-order valence-corrected chi connectivity index (χ4v) is 3.68. The molecule has 3 heterocycles. The van der Waals surface area contributed by atoms with Gasteiger partial charge in [0, 0.05) is 18.5 Å². The Bertz CT molecular complexity index is 773. The van der Waals surface area contributed by atoms with Crippen molar-refractivity contribution in [2.45, 2.75) is 37.9 Å². The van der Waals surface area contributed by atoms with Gasteiger partial charge in [-0.15, -0.1) is 5.10 Å². The van der Waals surface area contributed by atoms with Crippen molar-refractivity contribution in [3.05, 3.63) is 42.2 Å². The van der Waals surface area contributed by atoms with E-state index in [9.17, 15) is 4.79 Å². The molecule has 4 rings (SSSR count). The number of piperidine rings is 1. The molecule has 138 valence electrons. The second kappa shape index (κ2) is 6.79. The second-order valence-corrected chi connectivity index (χ2v) is 7.53. The van der Waals surface area contributed by atoms with Gasteiger partial charge in [-0.2, -0.15) is 0 Å².